The molecule has 7 nitrogen and oxygen atoms in total. The van der Waals surface area contributed by atoms with Crippen LogP contribution in [0.4, 0.5) is 5.69 Å². The van der Waals surface area contributed by atoms with Gasteiger partial charge >= 0.3 is 0 Å². The van der Waals surface area contributed by atoms with E-state index in [4.69, 9.17) is 5.73 Å². The molecule has 0 saturated heterocycles. The molecule has 0 saturated carbocycles. The average molecular weight is 371 g/mol. The first kappa shape index (κ1) is 22.9. The van der Waals surface area contributed by atoms with Gasteiger partial charge in [-0.25, -0.2) is 0 Å². The van der Waals surface area contributed by atoms with Crippen LogP contribution in [0, 0.1) is 12.8 Å². The summed E-state index contributed by atoms with van der Waals surface area (Å²) in [5, 5.41) is 5.20. The van der Waals surface area contributed by atoms with Gasteiger partial charge in [-0.1, -0.05) is 31.5 Å². The molecular weight excluding hydrogens is 344 g/mol. The molecule has 0 radical (unpaired) electrons. The van der Waals surface area contributed by atoms with E-state index in [-0.39, 0.29) is 49.1 Å². The van der Waals surface area contributed by atoms with Gasteiger partial charge in [0.25, 0.3) is 0 Å². The highest BCUT2D eigenvalue weighted by atomic mass is 35.5. The van der Waals surface area contributed by atoms with Crippen LogP contribution >= 0.6 is 12.4 Å². The van der Waals surface area contributed by atoms with E-state index in [0.717, 1.165) is 5.56 Å². The largest absolute Gasteiger partial charge is 0.346 e. The second-order valence-electron chi connectivity index (χ2n) is 6.15. The predicted molar refractivity (Wildman–Crippen MR) is 101 cm³/mol. The fourth-order valence-corrected chi connectivity index (χ4v) is 1.86. The quantitative estimate of drug-likeness (QED) is 0.663. The van der Waals surface area contributed by atoms with Gasteiger partial charge in [0.05, 0.1) is 19.1 Å². The van der Waals surface area contributed by atoms with E-state index in [0.29, 0.717) is 5.69 Å². The number of hydrogen-bond acceptors (Lipinski definition) is 4. The molecule has 1 aromatic rings. The zero-order valence-corrected chi connectivity index (χ0v) is 15.9. The third-order valence-electron chi connectivity index (χ3n) is 3.58. The summed E-state index contributed by atoms with van der Waals surface area (Å²) in [6, 6.07) is 6.70. The molecule has 1 rings (SSSR count). The number of nitrogens with zero attached hydrogens (tertiary/aromatic N) is 1. The number of likely N-dealkylation sites (N-methyl/N-ethyl adjacent to an activating group) is 1. The summed E-state index contributed by atoms with van der Waals surface area (Å²) >= 11 is 0. The second-order valence-corrected chi connectivity index (χ2v) is 6.15. The van der Waals surface area contributed by atoms with Crippen molar-refractivity contribution in [3.05, 3.63) is 29.8 Å². The minimum atomic E-state index is -0.659. The molecule has 140 valence electrons. The Morgan fingerprint density at radius 1 is 1.16 bits per heavy atom. The molecule has 0 fully saturated rings. The van der Waals surface area contributed by atoms with Crippen molar-refractivity contribution in [3.8, 4) is 0 Å². The van der Waals surface area contributed by atoms with Crippen LogP contribution < -0.4 is 16.4 Å². The number of anilines is 1. The second kappa shape index (κ2) is 10.7. The lowest BCUT2D eigenvalue weighted by Crippen LogP contribution is -2.48. The Kier molecular flexibility index (Phi) is 9.78. The normalized spacial score (nSPS) is 11.3. The summed E-state index contributed by atoms with van der Waals surface area (Å²) in [5.41, 5.74) is 7.46. The molecule has 1 atom stereocenters. The van der Waals surface area contributed by atoms with Gasteiger partial charge in [0, 0.05) is 12.7 Å². The van der Waals surface area contributed by atoms with Gasteiger partial charge in [-0.15, -0.1) is 12.4 Å². The number of amides is 3. The maximum atomic E-state index is 12.0. The first-order valence-electron chi connectivity index (χ1n) is 7.84. The van der Waals surface area contributed by atoms with Gasteiger partial charge < -0.3 is 21.3 Å². The van der Waals surface area contributed by atoms with Crippen LogP contribution in [-0.2, 0) is 14.4 Å². The number of nitrogens with one attached hydrogen (secondary N) is 2. The fourth-order valence-electron chi connectivity index (χ4n) is 1.86. The lowest BCUT2D eigenvalue weighted by molar-refractivity contribution is -0.134. The van der Waals surface area contributed by atoms with Gasteiger partial charge in [-0.2, -0.15) is 0 Å². The molecule has 0 spiro atoms. The molecule has 4 N–H and O–H groups in total. The van der Waals surface area contributed by atoms with E-state index < -0.39 is 6.04 Å². The summed E-state index contributed by atoms with van der Waals surface area (Å²) in [6.45, 7) is 5.32. The van der Waals surface area contributed by atoms with Gasteiger partial charge in [-0.3, -0.25) is 14.4 Å². The maximum Gasteiger partial charge on any atom is 0.243 e. The van der Waals surface area contributed by atoms with E-state index in [1.54, 1.807) is 12.1 Å². The summed E-state index contributed by atoms with van der Waals surface area (Å²) < 4.78 is 0. The van der Waals surface area contributed by atoms with Crippen LogP contribution in [0.5, 0.6) is 0 Å². The molecule has 0 aromatic heterocycles. The van der Waals surface area contributed by atoms with Crippen LogP contribution in [0.15, 0.2) is 24.3 Å². The van der Waals surface area contributed by atoms with Crippen molar-refractivity contribution in [2.24, 2.45) is 11.7 Å². The standard InChI is InChI=1S/C17H26N4O3.ClH/c1-11(2)16(18)17(24)19-9-15(23)21(4)10-14(22)20-13-7-5-12(3)6-8-13;/h5-8,11,16H,9-10,18H2,1-4H3,(H,19,24)(H,20,22);1H/t16-;/m0./s1. The zero-order chi connectivity index (χ0) is 18.3. The molecular formula is C17H27ClN4O3. The van der Waals surface area contributed by atoms with E-state index >= 15 is 0 Å². The minimum Gasteiger partial charge on any atom is -0.346 e. The molecule has 0 unspecified atom stereocenters. The van der Waals surface area contributed by atoms with Crippen molar-refractivity contribution in [2.45, 2.75) is 26.8 Å². The number of hydrogen-bond donors (Lipinski definition) is 3. The van der Waals surface area contributed by atoms with Crippen molar-refractivity contribution in [2.75, 3.05) is 25.5 Å². The monoisotopic (exact) mass is 370 g/mol. The van der Waals surface area contributed by atoms with Crippen molar-refractivity contribution < 1.29 is 14.4 Å². The van der Waals surface area contributed by atoms with Crippen LogP contribution in [0.3, 0.4) is 0 Å². The molecule has 3 amide bonds. The Balaban J connectivity index is 0.00000576. The molecule has 8 heteroatoms. The third-order valence-corrected chi connectivity index (χ3v) is 3.58. The Morgan fingerprint density at radius 2 is 1.72 bits per heavy atom. The van der Waals surface area contributed by atoms with Crippen molar-refractivity contribution in [1.29, 1.82) is 0 Å². The first-order chi connectivity index (χ1) is 11.2. The Hall–Kier alpha value is -2.12. The predicted octanol–water partition coefficient (Wildman–Crippen LogP) is 0.913. The van der Waals surface area contributed by atoms with Crippen molar-refractivity contribution in [3.63, 3.8) is 0 Å². The molecule has 1 aromatic carbocycles. The van der Waals surface area contributed by atoms with Crippen LogP contribution in [0.25, 0.3) is 0 Å². The average Bonchev–Trinajstić information content (AvgIpc) is 2.53. The first-order valence-corrected chi connectivity index (χ1v) is 7.84. The SMILES string of the molecule is Cc1ccc(NC(=O)CN(C)C(=O)CNC(=O)[C@@H](N)C(C)C)cc1.Cl. The summed E-state index contributed by atoms with van der Waals surface area (Å²) in [7, 11) is 1.51. The molecule has 0 bridgehead atoms. The molecule has 25 heavy (non-hydrogen) atoms. The third kappa shape index (κ3) is 8.00. The van der Waals surface area contributed by atoms with Gasteiger partial charge in [0.1, 0.15) is 0 Å². The van der Waals surface area contributed by atoms with Gasteiger partial charge in [0.2, 0.25) is 17.7 Å². The topological polar surface area (TPSA) is 105 Å². The number of carbonyl (C=O) groups is 3. The van der Waals surface area contributed by atoms with E-state index in [9.17, 15) is 14.4 Å². The smallest absolute Gasteiger partial charge is 0.243 e. The lowest BCUT2D eigenvalue weighted by atomic mass is 10.1. The highest BCUT2D eigenvalue weighted by Gasteiger charge is 2.19. The minimum absolute atomic E-state index is 0. The summed E-state index contributed by atoms with van der Waals surface area (Å²) in [5.74, 6) is -1.06. The molecule has 0 heterocycles. The molecule has 0 aliphatic carbocycles. The summed E-state index contributed by atoms with van der Waals surface area (Å²) in [4.78, 5) is 36.9. The number of benzene rings is 1. The number of rotatable bonds is 7. The van der Waals surface area contributed by atoms with E-state index in [1.165, 1.54) is 11.9 Å². The van der Waals surface area contributed by atoms with E-state index in [1.807, 2.05) is 32.9 Å². The number of aryl methyl sites for hydroxylation is 1. The molecule has 0 aliphatic rings. The lowest BCUT2D eigenvalue weighted by Gasteiger charge is -2.19. The van der Waals surface area contributed by atoms with Gasteiger partial charge in [-0.05, 0) is 25.0 Å². The fraction of sp³-hybridized carbons (Fsp3) is 0.471. The van der Waals surface area contributed by atoms with Crippen molar-refractivity contribution >= 4 is 35.8 Å². The number of halogens is 1. The number of carbonyl (C=O) groups excluding carboxylic acids is 3. The van der Waals surface area contributed by atoms with Gasteiger partial charge in [0.15, 0.2) is 0 Å². The van der Waals surface area contributed by atoms with Crippen LogP contribution in [0.2, 0.25) is 0 Å². The maximum absolute atomic E-state index is 12.0. The summed E-state index contributed by atoms with van der Waals surface area (Å²) in [6.07, 6.45) is 0. The molecule has 0 aliphatic heterocycles. The Morgan fingerprint density at radius 3 is 2.24 bits per heavy atom. The number of nitrogens with two attached hydrogens (primary N) is 1. The highest BCUT2D eigenvalue weighted by molar-refractivity contribution is 5.95. The Bertz CT molecular complexity index is 590. The van der Waals surface area contributed by atoms with Crippen LogP contribution in [0.1, 0.15) is 19.4 Å². The van der Waals surface area contributed by atoms with E-state index in [2.05, 4.69) is 10.6 Å². The van der Waals surface area contributed by atoms with Crippen LogP contribution in [-0.4, -0.2) is 48.8 Å². The van der Waals surface area contributed by atoms with Crippen molar-refractivity contribution in [1.82, 2.24) is 10.2 Å². The highest BCUT2D eigenvalue weighted by Crippen LogP contribution is 2.08. The Labute approximate surface area is 154 Å². The zero-order valence-electron chi connectivity index (χ0n) is 15.0.